The van der Waals surface area contributed by atoms with Gasteiger partial charge >= 0.3 is 5.97 Å². The summed E-state index contributed by atoms with van der Waals surface area (Å²) < 4.78 is 4.98. The standard InChI is InChI=1S/C17H17NO3/c1-12-6-8-14(9-7-12)17(20)21-11-16(19)18-15-5-3-4-13(2)10-15/h3-10H,11H2,1-2H3,(H,18,19). The molecule has 0 aliphatic rings. The Morgan fingerprint density at radius 3 is 2.38 bits per heavy atom. The van der Waals surface area contributed by atoms with E-state index in [9.17, 15) is 9.59 Å². The lowest BCUT2D eigenvalue weighted by atomic mass is 10.1. The number of ether oxygens (including phenoxy) is 1. The summed E-state index contributed by atoms with van der Waals surface area (Å²) in [5.41, 5.74) is 3.23. The van der Waals surface area contributed by atoms with Crippen molar-refractivity contribution in [1.82, 2.24) is 0 Å². The van der Waals surface area contributed by atoms with E-state index in [0.717, 1.165) is 11.1 Å². The van der Waals surface area contributed by atoms with Gasteiger partial charge in [0.25, 0.3) is 5.91 Å². The SMILES string of the molecule is Cc1ccc(C(=O)OCC(=O)Nc2cccc(C)c2)cc1. The summed E-state index contributed by atoms with van der Waals surface area (Å²) in [6, 6.07) is 14.4. The Hall–Kier alpha value is -2.62. The third-order valence-electron chi connectivity index (χ3n) is 2.92. The van der Waals surface area contributed by atoms with Crippen LogP contribution in [-0.2, 0) is 9.53 Å². The second kappa shape index (κ2) is 6.70. The van der Waals surface area contributed by atoms with E-state index in [4.69, 9.17) is 4.74 Å². The van der Waals surface area contributed by atoms with Crippen LogP contribution in [0.3, 0.4) is 0 Å². The maximum absolute atomic E-state index is 11.8. The quantitative estimate of drug-likeness (QED) is 0.877. The lowest BCUT2D eigenvalue weighted by Crippen LogP contribution is -2.20. The molecule has 0 aliphatic carbocycles. The lowest BCUT2D eigenvalue weighted by molar-refractivity contribution is -0.119. The highest BCUT2D eigenvalue weighted by molar-refractivity contribution is 5.95. The summed E-state index contributed by atoms with van der Waals surface area (Å²) in [6.07, 6.45) is 0. The van der Waals surface area contributed by atoms with Crippen LogP contribution < -0.4 is 5.32 Å². The van der Waals surface area contributed by atoms with Gasteiger partial charge in [-0.25, -0.2) is 4.79 Å². The molecule has 1 amide bonds. The van der Waals surface area contributed by atoms with Crippen molar-refractivity contribution in [3.8, 4) is 0 Å². The summed E-state index contributed by atoms with van der Waals surface area (Å²) >= 11 is 0. The van der Waals surface area contributed by atoms with Crippen LogP contribution in [0.25, 0.3) is 0 Å². The van der Waals surface area contributed by atoms with Crippen LogP contribution in [0.2, 0.25) is 0 Å². The highest BCUT2D eigenvalue weighted by Gasteiger charge is 2.10. The van der Waals surface area contributed by atoms with Crippen LogP contribution in [0.15, 0.2) is 48.5 Å². The number of carbonyl (C=O) groups is 2. The highest BCUT2D eigenvalue weighted by atomic mass is 16.5. The van der Waals surface area contributed by atoms with E-state index in [1.807, 2.05) is 44.2 Å². The van der Waals surface area contributed by atoms with Crippen molar-refractivity contribution in [2.24, 2.45) is 0 Å². The van der Waals surface area contributed by atoms with Gasteiger partial charge in [0, 0.05) is 5.69 Å². The molecule has 0 saturated heterocycles. The largest absolute Gasteiger partial charge is 0.452 e. The van der Waals surface area contributed by atoms with Gasteiger partial charge in [-0.15, -0.1) is 0 Å². The number of anilines is 1. The van der Waals surface area contributed by atoms with Gasteiger partial charge in [-0.2, -0.15) is 0 Å². The van der Waals surface area contributed by atoms with Crippen molar-refractivity contribution in [3.63, 3.8) is 0 Å². The second-order valence-corrected chi connectivity index (χ2v) is 4.86. The van der Waals surface area contributed by atoms with E-state index in [-0.39, 0.29) is 12.5 Å². The van der Waals surface area contributed by atoms with Gasteiger partial charge in [0.05, 0.1) is 5.56 Å². The van der Waals surface area contributed by atoms with Crippen LogP contribution in [0.5, 0.6) is 0 Å². The lowest BCUT2D eigenvalue weighted by Gasteiger charge is -2.07. The summed E-state index contributed by atoms with van der Waals surface area (Å²) in [4.78, 5) is 23.5. The molecule has 0 heterocycles. The van der Waals surface area contributed by atoms with Crippen LogP contribution in [0.1, 0.15) is 21.5 Å². The zero-order valence-electron chi connectivity index (χ0n) is 12.1. The van der Waals surface area contributed by atoms with Crippen molar-refractivity contribution in [2.75, 3.05) is 11.9 Å². The number of aryl methyl sites for hydroxylation is 2. The van der Waals surface area contributed by atoms with Gasteiger partial charge in [0.2, 0.25) is 0 Å². The number of rotatable bonds is 4. The number of hydrogen-bond donors (Lipinski definition) is 1. The van der Waals surface area contributed by atoms with Crippen molar-refractivity contribution < 1.29 is 14.3 Å². The average molecular weight is 283 g/mol. The topological polar surface area (TPSA) is 55.4 Å². The van der Waals surface area contributed by atoms with Crippen molar-refractivity contribution in [3.05, 3.63) is 65.2 Å². The third kappa shape index (κ3) is 4.45. The Morgan fingerprint density at radius 2 is 1.71 bits per heavy atom. The molecule has 4 heteroatoms. The molecular formula is C17H17NO3. The zero-order chi connectivity index (χ0) is 15.2. The Kier molecular flexibility index (Phi) is 4.72. The van der Waals surface area contributed by atoms with Crippen molar-refractivity contribution in [1.29, 1.82) is 0 Å². The zero-order valence-corrected chi connectivity index (χ0v) is 12.1. The fourth-order valence-electron chi connectivity index (χ4n) is 1.82. The minimum atomic E-state index is -0.505. The Labute approximate surface area is 123 Å². The smallest absolute Gasteiger partial charge is 0.338 e. The average Bonchev–Trinajstić information content (AvgIpc) is 2.45. The van der Waals surface area contributed by atoms with Gasteiger partial charge in [0.1, 0.15) is 0 Å². The molecule has 0 aromatic heterocycles. The number of amides is 1. The molecule has 0 aliphatic heterocycles. The minimum absolute atomic E-state index is 0.305. The molecule has 4 nitrogen and oxygen atoms in total. The van der Waals surface area contributed by atoms with Crippen molar-refractivity contribution >= 4 is 17.6 Å². The summed E-state index contributed by atoms with van der Waals surface area (Å²) in [6.45, 7) is 3.57. The first kappa shape index (κ1) is 14.8. The molecule has 2 aromatic rings. The van der Waals surface area contributed by atoms with Gasteiger partial charge in [-0.05, 0) is 43.7 Å². The molecule has 0 saturated carbocycles. The summed E-state index contributed by atoms with van der Waals surface area (Å²) in [7, 11) is 0. The number of benzene rings is 2. The molecule has 0 radical (unpaired) electrons. The normalized spacial score (nSPS) is 10.0. The third-order valence-corrected chi connectivity index (χ3v) is 2.92. The molecular weight excluding hydrogens is 266 g/mol. The monoisotopic (exact) mass is 283 g/mol. The predicted molar refractivity (Wildman–Crippen MR) is 81.3 cm³/mol. The fraction of sp³-hybridized carbons (Fsp3) is 0.176. The first-order valence-electron chi connectivity index (χ1n) is 6.65. The Balaban J connectivity index is 1.86. The highest BCUT2D eigenvalue weighted by Crippen LogP contribution is 2.09. The maximum Gasteiger partial charge on any atom is 0.338 e. The van der Waals surface area contributed by atoms with Crippen LogP contribution in [-0.4, -0.2) is 18.5 Å². The number of esters is 1. The molecule has 108 valence electrons. The fourth-order valence-corrected chi connectivity index (χ4v) is 1.82. The Morgan fingerprint density at radius 1 is 1.00 bits per heavy atom. The van der Waals surface area contributed by atoms with Crippen LogP contribution in [0.4, 0.5) is 5.69 Å². The molecule has 21 heavy (non-hydrogen) atoms. The van der Waals surface area contributed by atoms with Gasteiger partial charge in [0.15, 0.2) is 6.61 Å². The number of carbonyl (C=O) groups excluding carboxylic acids is 2. The van der Waals surface area contributed by atoms with Gasteiger partial charge in [-0.1, -0.05) is 29.8 Å². The summed E-state index contributed by atoms with van der Waals surface area (Å²) in [5.74, 6) is -0.865. The molecule has 0 fully saturated rings. The first-order chi connectivity index (χ1) is 10.0. The number of nitrogens with one attached hydrogen (secondary N) is 1. The van der Waals surface area contributed by atoms with Crippen LogP contribution in [0, 0.1) is 13.8 Å². The summed E-state index contributed by atoms with van der Waals surface area (Å²) in [5, 5.41) is 2.68. The number of hydrogen-bond acceptors (Lipinski definition) is 3. The molecule has 0 spiro atoms. The molecule has 2 rings (SSSR count). The second-order valence-electron chi connectivity index (χ2n) is 4.86. The first-order valence-corrected chi connectivity index (χ1v) is 6.65. The van der Waals surface area contributed by atoms with E-state index in [2.05, 4.69) is 5.32 Å². The van der Waals surface area contributed by atoms with E-state index >= 15 is 0 Å². The van der Waals surface area contributed by atoms with E-state index in [0.29, 0.717) is 11.3 Å². The van der Waals surface area contributed by atoms with E-state index in [1.165, 1.54) is 0 Å². The molecule has 0 unspecified atom stereocenters. The Bertz CT molecular complexity index is 647. The van der Waals surface area contributed by atoms with Gasteiger partial charge < -0.3 is 10.1 Å². The minimum Gasteiger partial charge on any atom is -0.452 e. The van der Waals surface area contributed by atoms with E-state index < -0.39 is 5.97 Å². The van der Waals surface area contributed by atoms with Crippen molar-refractivity contribution in [2.45, 2.75) is 13.8 Å². The van der Waals surface area contributed by atoms with Gasteiger partial charge in [-0.3, -0.25) is 4.79 Å². The predicted octanol–water partition coefficient (Wildman–Crippen LogP) is 3.10. The molecule has 0 atom stereocenters. The molecule has 2 aromatic carbocycles. The molecule has 1 N–H and O–H groups in total. The maximum atomic E-state index is 11.8. The van der Waals surface area contributed by atoms with E-state index in [1.54, 1.807) is 18.2 Å². The molecule has 0 bridgehead atoms. The van der Waals surface area contributed by atoms with Crippen LogP contribution >= 0.6 is 0 Å².